The molecule has 1 unspecified atom stereocenters. The highest BCUT2D eigenvalue weighted by molar-refractivity contribution is 5.83. The number of guanidine groups is 1. The largest absolute Gasteiger partial charge is 0.464 e. The van der Waals surface area contributed by atoms with Gasteiger partial charge in [0.2, 0.25) is 0 Å². The number of carbonyl (C=O) groups is 1. The molecule has 0 aromatic rings. The second kappa shape index (κ2) is 16.0. The number of carbonyl (C=O) groups excluding carboxylic acids is 1. The number of likely N-dealkylation sites (N-methyl/N-ethyl adjacent to an activating group) is 1. The highest BCUT2D eigenvalue weighted by Crippen LogP contribution is 2.13. The molecule has 0 spiro atoms. The Balaban J connectivity index is 3.82. The number of nitrogens with zero attached hydrogens (tertiary/aromatic N) is 1. The van der Waals surface area contributed by atoms with Gasteiger partial charge in [0.05, 0.1) is 6.61 Å². The molecule has 3 N–H and O–H groups in total. The summed E-state index contributed by atoms with van der Waals surface area (Å²) in [5.41, 5.74) is 5.50. The maximum atomic E-state index is 12.0. The third-order valence-corrected chi connectivity index (χ3v) is 4.40. The average Bonchev–Trinajstić information content (AvgIpc) is 2.58. The van der Waals surface area contributed by atoms with Gasteiger partial charge in [0, 0.05) is 7.05 Å². The van der Waals surface area contributed by atoms with E-state index in [9.17, 15) is 4.79 Å². The van der Waals surface area contributed by atoms with Crippen molar-refractivity contribution in [3.8, 4) is 0 Å². The first-order valence-electron chi connectivity index (χ1n) is 9.93. The van der Waals surface area contributed by atoms with Crippen LogP contribution in [0, 0.1) is 5.41 Å². The molecule has 0 radical (unpaired) electrons. The highest BCUT2D eigenvalue weighted by Gasteiger charge is 2.24. The van der Waals surface area contributed by atoms with Crippen LogP contribution in [0.15, 0.2) is 12.2 Å². The highest BCUT2D eigenvalue weighted by atomic mass is 16.5. The molecule has 0 aromatic carbocycles. The Labute approximate surface area is 154 Å². The van der Waals surface area contributed by atoms with Gasteiger partial charge in [-0.15, -0.1) is 0 Å². The van der Waals surface area contributed by atoms with Crippen LogP contribution in [-0.2, 0) is 9.53 Å². The van der Waals surface area contributed by atoms with Crippen LogP contribution in [-0.4, -0.2) is 36.5 Å². The Hall–Kier alpha value is -1.52. The molecule has 0 aliphatic heterocycles. The number of esters is 1. The van der Waals surface area contributed by atoms with Crippen molar-refractivity contribution in [2.24, 2.45) is 5.73 Å². The third kappa shape index (κ3) is 12.5. The maximum absolute atomic E-state index is 12.0. The lowest BCUT2D eigenvalue weighted by atomic mass is 10.0. The average molecular weight is 354 g/mol. The lowest BCUT2D eigenvalue weighted by Crippen LogP contribution is -2.46. The van der Waals surface area contributed by atoms with Crippen LogP contribution in [0.3, 0.4) is 0 Å². The zero-order chi connectivity index (χ0) is 18.9. The summed E-state index contributed by atoms with van der Waals surface area (Å²) >= 11 is 0. The van der Waals surface area contributed by atoms with Gasteiger partial charge in [-0.05, 0) is 39.0 Å². The fourth-order valence-electron chi connectivity index (χ4n) is 2.75. The normalized spacial score (nSPS) is 12.3. The van der Waals surface area contributed by atoms with Crippen LogP contribution in [0.1, 0.15) is 84.5 Å². The Morgan fingerprint density at radius 1 is 1.04 bits per heavy atom. The predicted molar refractivity (Wildman–Crippen MR) is 106 cm³/mol. The quantitative estimate of drug-likeness (QED) is 0.148. The summed E-state index contributed by atoms with van der Waals surface area (Å²) in [5, 5.41) is 7.51. The molecule has 25 heavy (non-hydrogen) atoms. The van der Waals surface area contributed by atoms with Crippen molar-refractivity contribution < 1.29 is 9.53 Å². The third-order valence-electron chi connectivity index (χ3n) is 4.40. The molecule has 146 valence electrons. The molecule has 0 aromatic heterocycles. The van der Waals surface area contributed by atoms with Gasteiger partial charge in [-0.2, -0.15) is 0 Å². The minimum absolute atomic E-state index is 0.0953. The topological polar surface area (TPSA) is 79.4 Å². The van der Waals surface area contributed by atoms with E-state index in [4.69, 9.17) is 15.9 Å². The molecule has 0 saturated heterocycles. The minimum atomic E-state index is -0.444. The van der Waals surface area contributed by atoms with Gasteiger partial charge in [0.1, 0.15) is 6.04 Å². The molecule has 0 aliphatic rings. The van der Waals surface area contributed by atoms with Gasteiger partial charge in [-0.1, -0.05) is 57.6 Å². The summed E-state index contributed by atoms with van der Waals surface area (Å²) in [5.74, 6) is -0.381. The first kappa shape index (κ1) is 23.5. The van der Waals surface area contributed by atoms with E-state index in [1.807, 2.05) is 0 Å². The van der Waals surface area contributed by atoms with Gasteiger partial charge in [-0.3, -0.25) is 5.41 Å². The molecular formula is C20H39N3O2. The van der Waals surface area contributed by atoms with E-state index in [-0.39, 0.29) is 11.9 Å². The van der Waals surface area contributed by atoms with Crippen molar-refractivity contribution >= 4 is 11.9 Å². The number of nitrogens with two attached hydrogens (primary N) is 1. The van der Waals surface area contributed by atoms with Crippen molar-refractivity contribution in [3.63, 3.8) is 0 Å². The van der Waals surface area contributed by atoms with E-state index in [0.29, 0.717) is 13.0 Å². The standard InChI is InChI=1S/C20H39N3O2/c1-4-6-7-8-9-10-11-12-13-14-15-16-17-18(19(24)25-5-2)23(3)20(21)22/h10-11,18H,4-9,12-17H2,1-3H3,(H3,21,22)/b11-10-. The molecule has 0 heterocycles. The Morgan fingerprint density at radius 2 is 1.60 bits per heavy atom. The lowest BCUT2D eigenvalue weighted by Gasteiger charge is -2.26. The lowest BCUT2D eigenvalue weighted by molar-refractivity contribution is -0.148. The van der Waals surface area contributed by atoms with Crippen LogP contribution < -0.4 is 5.73 Å². The van der Waals surface area contributed by atoms with Crippen molar-refractivity contribution in [2.45, 2.75) is 90.5 Å². The molecule has 1 atom stereocenters. The molecule has 0 saturated carbocycles. The van der Waals surface area contributed by atoms with Gasteiger partial charge in [0.25, 0.3) is 0 Å². The summed E-state index contributed by atoms with van der Waals surface area (Å²) in [6, 6.07) is -0.444. The second-order valence-electron chi connectivity index (χ2n) is 6.58. The first-order chi connectivity index (χ1) is 12.0. The van der Waals surface area contributed by atoms with Crippen molar-refractivity contribution in [3.05, 3.63) is 12.2 Å². The van der Waals surface area contributed by atoms with Gasteiger partial charge < -0.3 is 15.4 Å². The molecule has 0 fully saturated rings. The van der Waals surface area contributed by atoms with Crippen molar-refractivity contribution in [2.75, 3.05) is 13.7 Å². The monoisotopic (exact) mass is 353 g/mol. The maximum Gasteiger partial charge on any atom is 0.328 e. The number of allylic oxidation sites excluding steroid dienone is 2. The fourth-order valence-corrected chi connectivity index (χ4v) is 2.75. The van der Waals surface area contributed by atoms with E-state index in [1.165, 1.54) is 49.8 Å². The fraction of sp³-hybridized carbons (Fsp3) is 0.800. The molecule has 0 bridgehead atoms. The van der Waals surface area contributed by atoms with Crippen LogP contribution in [0.25, 0.3) is 0 Å². The van der Waals surface area contributed by atoms with Crippen molar-refractivity contribution in [1.82, 2.24) is 4.90 Å². The smallest absolute Gasteiger partial charge is 0.328 e. The summed E-state index contributed by atoms with van der Waals surface area (Å²) in [6.45, 7) is 4.38. The van der Waals surface area contributed by atoms with Crippen LogP contribution in [0.2, 0.25) is 0 Å². The molecule has 0 aliphatic carbocycles. The zero-order valence-corrected chi connectivity index (χ0v) is 16.6. The molecule has 0 rings (SSSR count). The second-order valence-corrected chi connectivity index (χ2v) is 6.58. The van der Waals surface area contributed by atoms with Gasteiger partial charge in [-0.25, -0.2) is 4.79 Å². The van der Waals surface area contributed by atoms with Gasteiger partial charge >= 0.3 is 5.97 Å². The Morgan fingerprint density at radius 3 is 2.12 bits per heavy atom. The Bertz CT molecular complexity index is 383. The molecule has 5 heteroatoms. The number of rotatable bonds is 15. The molecular weight excluding hydrogens is 314 g/mol. The Kier molecular flexibility index (Phi) is 15.0. The zero-order valence-electron chi connectivity index (χ0n) is 16.6. The minimum Gasteiger partial charge on any atom is -0.464 e. The van der Waals surface area contributed by atoms with Crippen LogP contribution in [0.5, 0.6) is 0 Å². The van der Waals surface area contributed by atoms with E-state index in [1.54, 1.807) is 14.0 Å². The summed E-state index contributed by atoms with van der Waals surface area (Å²) in [4.78, 5) is 13.5. The van der Waals surface area contributed by atoms with Crippen LogP contribution in [0.4, 0.5) is 0 Å². The van der Waals surface area contributed by atoms with Crippen LogP contribution >= 0.6 is 0 Å². The molecule has 5 nitrogen and oxygen atoms in total. The summed E-state index contributed by atoms with van der Waals surface area (Å²) < 4.78 is 5.09. The van der Waals surface area contributed by atoms with E-state index >= 15 is 0 Å². The van der Waals surface area contributed by atoms with Crippen molar-refractivity contribution in [1.29, 1.82) is 5.41 Å². The number of hydrogen-bond acceptors (Lipinski definition) is 3. The first-order valence-corrected chi connectivity index (χ1v) is 9.93. The molecule has 0 amide bonds. The number of unbranched alkanes of at least 4 members (excludes halogenated alkanes) is 8. The predicted octanol–water partition coefficient (Wildman–Crippen LogP) is 4.61. The summed E-state index contributed by atoms with van der Waals surface area (Å²) in [6.07, 6.45) is 17.3. The van der Waals surface area contributed by atoms with E-state index in [2.05, 4.69) is 19.1 Å². The van der Waals surface area contributed by atoms with Gasteiger partial charge in [0.15, 0.2) is 5.96 Å². The number of ether oxygens (including phenoxy) is 1. The SMILES string of the molecule is CCCCCC/C=C\CCCCCCC(C(=O)OCC)N(C)C(=N)N. The summed E-state index contributed by atoms with van der Waals surface area (Å²) in [7, 11) is 1.68. The number of nitrogens with one attached hydrogen (secondary N) is 1. The van der Waals surface area contributed by atoms with E-state index < -0.39 is 6.04 Å². The van der Waals surface area contributed by atoms with E-state index in [0.717, 1.165) is 19.3 Å². The number of hydrogen-bond donors (Lipinski definition) is 2.